The SMILES string of the molecule is COc1ccc(N(CC(=O)NN=Cc2cc3ccc(OC)cc3nc2Cl)S(=O)(=O)c2ccccc2)cc1. The van der Waals surface area contributed by atoms with Gasteiger partial charge in [-0.3, -0.25) is 9.10 Å². The van der Waals surface area contributed by atoms with Crippen LogP contribution in [-0.2, 0) is 14.8 Å². The van der Waals surface area contributed by atoms with E-state index in [9.17, 15) is 13.2 Å². The van der Waals surface area contributed by atoms with Crippen LogP contribution in [0.5, 0.6) is 11.5 Å². The number of nitrogens with one attached hydrogen (secondary N) is 1. The Kier molecular flexibility index (Phi) is 7.90. The smallest absolute Gasteiger partial charge is 0.264 e. The fourth-order valence-electron chi connectivity index (χ4n) is 3.48. The summed E-state index contributed by atoms with van der Waals surface area (Å²) in [7, 11) is -0.974. The Labute approximate surface area is 219 Å². The number of carbonyl (C=O) groups is 1. The lowest BCUT2D eigenvalue weighted by Crippen LogP contribution is -2.39. The number of methoxy groups -OCH3 is 2. The van der Waals surface area contributed by atoms with E-state index in [-0.39, 0.29) is 10.0 Å². The highest BCUT2D eigenvalue weighted by molar-refractivity contribution is 7.92. The van der Waals surface area contributed by atoms with Crippen molar-refractivity contribution in [3.8, 4) is 11.5 Å². The van der Waals surface area contributed by atoms with Gasteiger partial charge >= 0.3 is 0 Å². The first kappa shape index (κ1) is 25.9. The quantitative estimate of drug-likeness (QED) is 0.194. The van der Waals surface area contributed by atoms with Gasteiger partial charge in [-0.05, 0) is 54.6 Å². The molecule has 0 saturated heterocycles. The largest absolute Gasteiger partial charge is 0.497 e. The average molecular weight is 539 g/mol. The molecule has 0 radical (unpaired) electrons. The van der Waals surface area contributed by atoms with E-state index >= 15 is 0 Å². The number of aromatic nitrogens is 1. The van der Waals surface area contributed by atoms with Gasteiger partial charge in [0.15, 0.2) is 0 Å². The second-order valence-corrected chi connectivity index (χ2v) is 9.96. The summed E-state index contributed by atoms with van der Waals surface area (Å²) in [6.45, 7) is -0.510. The molecule has 1 aromatic heterocycles. The molecule has 0 aliphatic carbocycles. The first-order valence-electron chi connectivity index (χ1n) is 11.0. The normalized spacial score (nSPS) is 11.4. The van der Waals surface area contributed by atoms with E-state index in [0.717, 1.165) is 9.69 Å². The van der Waals surface area contributed by atoms with Crippen molar-refractivity contribution in [1.29, 1.82) is 0 Å². The maximum Gasteiger partial charge on any atom is 0.264 e. The number of hydrazone groups is 1. The van der Waals surface area contributed by atoms with Crippen LogP contribution in [0, 0.1) is 0 Å². The van der Waals surface area contributed by atoms with Gasteiger partial charge in [0.2, 0.25) is 0 Å². The molecule has 0 bridgehead atoms. The molecule has 1 heterocycles. The molecule has 3 aromatic carbocycles. The molecule has 37 heavy (non-hydrogen) atoms. The Balaban J connectivity index is 1.55. The zero-order chi connectivity index (χ0) is 26.4. The number of anilines is 1. The minimum Gasteiger partial charge on any atom is -0.497 e. The lowest BCUT2D eigenvalue weighted by Gasteiger charge is -2.23. The fourth-order valence-corrected chi connectivity index (χ4v) is 5.12. The molecule has 0 aliphatic heterocycles. The molecule has 0 aliphatic rings. The van der Waals surface area contributed by atoms with E-state index in [0.29, 0.717) is 28.3 Å². The highest BCUT2D eigenvalue weighted by atomic mass is 35.5. The molecule has 0 unspecified atom stereocenters. The second kappa shape index (κ2) is 11.3. The molecule has 4 rings (SSSR count). The summed E-state index contributed by atoms with van der Waals surface area (Å²) < 4.78 is 38.1. The molecule has 0 saturated carbocycles. The third-order valence-electron chi connectivity index (χ3n) is 5.38. The monoisotopic (exact) mass is 538 g/mol. The summed E-state index contributed by atoms with van der Waals surface area (Å²) in [4.78, 5) is 17.2. The van der Waals surface area contributed by atoms with Crippen molar-refractivity contribution < 1.29 is 22.7 Å². The van der Waals surface area contributed by atoms with Crippen LogP contribution >= 0.6 is 11.6 Å². The van der Waals surface area contributed by atoms with Crippen molar-refractivity contribution in [2.75, 3.05) is 25.1 Å². The van der Waals surface area contributed by atoms with Crippen molar-refractivity contribution in [2.24, 2.45) is 5.10 Å². The zero-order valence-corrected chi connectivity index (χ0v) is 21.5. The number of hydrogen-bond acceptors (Lipinski definition) is 7. The minimum absolute atomic E-state index is 0.0489. The fraction of sp³-hybridized carbons (Fsp3) is 0.115. The van der Waals surface area contributed by atoms with Crippen molar-refractivity contribution in [3.63, 3.8) is 0 Å². The van der Waals surface area contributed by atoms with Crippen LogP contribution in [0.1, 0.15) is 5.56 Å². The number of rotatable bonds is 9. The van der Waals surface area contributed by atoms with Crippen LogP contribution in [0.4, 0.5) is 5.69 Å². The molecular weight excluding hydrogens is 516 g/mol. The van der Waals surface area contributed by atoms with Crippen LogP contribution in [0.15, 0.2) is 88.9 Å². The molecule has 1 amide bonds. The first-order valence-corrected chi connectivity index (χ1v) is 12.8. The number of fused-ring (bicyclic) bond motifs is 1. The van der Waals surface area contributed by atoms with E-state index in [2.05, 4.69) is 15.5 Å². The number of hydrogen-bond donors (Lipinski definition) is 1. The predicted octanol–water partition coefficient (Wildman–Crippen LogP) is 4.25. The molecule has 4 aromatic rings. The van der Waals surface area contributed by atoms with Crippen LogP contribution < -0.4 is 19.2 Å². The standard InChI is InChI=1S/C26H23ClN4O5S/c1-35-21-12-9-20(10-13-21)31(37(33,34)23-6-4-3-5-7-23)17-25(32)30-28-16-19-14-18-8-11-22(36-2)15-24(18)29-26(19)27/h3-16H,17H2,1-2H3,(H,30,32). The van der Waals surface area contributed by atoms with E-state index < -0.39 is 22.5 Å². The lowest BCUT2D eigenvalue weighted by molar-refractivity contribution is -0.119. The Morgan fingerprint density at radius 2 is 1.68 bits per heavy atom. The van der Waals surface area contributed by atoms with Gasteiger partial charge in [-0.2, -0.15) is 5.10 Å². The Bertz CT molecular complexity index is 1550. The maximum atomic E-state index is 13.4. The van der Waals surface area contributed by atoms with Gasteiger partial charge in [0.05, 0.1) is 36.5 Å². The van der Waals surface area contributed by atoms with Gasteiger partial charge in [-0.15, -0.1) is 0 Å². The summed E-state index contributed by atoms with van der Waals surface area (Å²) in [5.74, 6) is 0.548. The van der Waals surface area contributed by atoms with Gasteiger partial charge < -0.3 is 9.47 Å². The van der Waals surface area contributed by atoms with Crippen molar-refractivity contribution in [1.82, 2.24) is 10.4 Å². The maximum absolute atomic E-state index is 13.4. The Hall–Kier alpha value is -4.15. The highest BCUT2D eigenvalue weighted by Gasteiger charge is 2.27. The van der Waals surface area contributed by atoms with Crippen LogP contribution in [0.3, 0.4) is 0 Å². The van der Waals surface area contributed by atoms with E-state index in [1.165, 1.54) is 25.5 Å². The van der Waals surface area contributed by atoms with Crippen LogP contribution in [0.2, 0.25) is 5.15 Å². The molecule has 190 valence electrons. The number of ether oxygens (including phenoxy) is 2. The van der Waals surface area contributed by atoms with Gasteiger partial charge in [0.1, 0.15) is 23.2 Å². The average Bonchev–Trinajstić information content (AvgIpc) is 2.92. The number of sulfonamides is 1. The van der Waals surface area contributed by atoms with Crippen molar-refractivity contribution in [3.05, 3.63) is 89.6 Å². The molecule has 0 atom stereocenters. The van der Waals surface area contributed by atoms with Crippen molar-refractivity contribution >= 4 is 50.3 Å². The first-order chi connectivity index (χ1) is 17.8. The molecule has 11 heteroatoms. The van der Waals surface area contributed by atoms with E-state index in [4.69, 9.17) is 21.1 Å². The molecular formula is C26H23ClN4O5S. The summed E-state index contributed by atoms with van der Waals surface area (Å²) in [5, 5.41) is 4.95. The summed E-state index contributed by atoms with van der Waals surface area (Å²) in [6, 6.07) is 21.4. The van der Waals surface area contributed by atoms with Crippen LogP contribution in [0.25, 0.3) is 10.9 Å². The molecule has 0 fully saturated rings. The number of amides is 1. The summed E-state index contributed by atoms with van der Waals surface area (Å²) in [5.41, 5.74) is 3.78. The molecule has 1 N–H and O–H groups in total. The number of pyridine rings is 1. The highest BCUT2D eigenvalue weighted by Crippen LogP contribution is 2.26. The third-order valence-corrected chi connectivity index (χ3v) is 7.47. The minimum atomic E-state index is -4.04. The van der Waals surface area contributed by atoms with Gasteiger partial charge in [0, 0.05) is 17.0 Å². The summed E-state index contributed by atoms with van der Waals surface area (Å²) >= 11 is 6.28. The van der Waals surface area contributed by atoms with Gasteiger partial charge in [-0.25, -0.2) is 18.8 Å². The second-order valence-electron chi connectivity index (χ2n) is 7.74. The number of benzene rings is 3. The summed E-state index contributed by atoms with van der Waals surface area (Å²) in [6.07, 6.45) is 1.35. The predicted molar refractivity (Wildman–Crippen MR) is 143 cm³/mol. The van der Waals surface area contributed by atoms with Crippen molar-refractivity contribution in [2.45, 2.75) is 4.90 Å². The number of halogens is 1. The molecule has 9 nitrogen and oxygen atoms in total. The topological polar surface area (TPSA) is 110 Å². The van der Waals surface area contributed by atoms with Crippen LogP contribution in [-0.4, -0.2) is 46.3 Å². The van der Waals surface area contributed by atoms with Gasteiger partial charge in [-0.1, -0.05) is 29.8 Å². The third kappa shape index (κ3) is 5.99. The molecule has 0 spiro atoms. The number of carbonyl (C=O) groups excluding carboxylic acids is 1. The Morgan fingerprint density at radius 3 is 2.35 bits per heavy atom. The Morgan fingerprint density at radius 1 is 1.00 bits per heavy atom. The lowest BCUT2D eigenvalue weighted by atomic mass is 10.1. The van der Waals surface area contributed by atoms with E-state index in [1.807, 2.05) is 6.07 Å². The van der Waals surface area contributed by atoms with Gasteiger partial charge in [0.25, 0.3) is 15.9 Å². The zero-order valence-electron chi connectivity index (χ0n) is 20.0. The van der Waals surface area contributed by atoms with E-state index in [1.54, 1.807) is 67.8 Å². The number of nitrogens with zero attached hydrogens (tertiary/aromatic N) is 3.